The van der Waals surface area contributed by atoms with Crippen molar-refractivity contribution in [2.24, 2.45) is 0 Å². The predicted molar refractivity (Wildman–Crippen MR) is 103 cm³/mol. The summed E-state index contributed by atoms with van der Waals surface area (Å²) in [6.45, 7) is 6.60. The summed E-state index contributed by atoms with van der Waals surface area (Å²) in [5.74, 6) is 1.02. The summed E-state index contributed by atoms with van der Waals surface area (Å²) in [4.78, 5) is 12.2. The molecule has 1 unspecified atom stereocenters. The van der Waals surface area contributed by atoms with Gasteiger partial charge in [-0.15, -0.1) is 0 Å². The summed E-state index contributed by atoms with van der Waals surface area (Å²) in [5, 5.41) is 3.71. The van der Waals surface area contributed by atoms with Crippen LogP contribution < -0.4 is 10.1 Å². The van der Waals surface area contributed by atoms with E-state index in [9.17, 15) is 4.79 Å². The molecule has 1 atom stereocenters. The van der Waals surface area contributed by atoms with Gasteiger partial charge in [-0.05, 0) is 48.9 Å². The lowest BCUT2D eigenvalue weighted by atomic mass is 10.0. The highest BCUT2D eigenvalue weighted by atomic mass is 35.5. The van der Waals surface area contributed by atoms with Crippen LogP contribution in [0, 0.1) is 0 Å². The SMILES string of the molecule is CC(Oc1ccccc1C(C)C)C(=O)NCCCc1ccccc1Cl. The molecule has 134 valence electrons. The maximum Gasteiger partial charge on any atom is 0.260 e. The number of benzene rings is 2. The zero-order valence-electron chi connectivity index (χ0n) is 15.1. The molecule has 0 fully saturated rings. The van der Waals surface area contributed by atoms with E-state index < -0.39 is 6.10 Å². The largest absolute Gasteiger partial charge is 0.481 e. The van der Waals surface area contributed by atoms with Gasteiger partial charge < -0.3 is 10.1 Å². The number of hydrogen-bond donors (Lipinski definition) is 1. The lowest BCUT2D eigenvalue weighted by Gasteiger charge is -2.18. The van der Waals surface area contributed by atoms with E-state index in [1.165, 1.54) is 0 Å². The highest BCUT2D eigenvalue weighted by molar-refractivity contribution is 6.31. The summed E-state index contributed by atoms with van der Waals surface area (Å²) in [5.41, 5.74) is 2.22. The Morgan fingerprint density at radius 1 is 1.08 bits per heavy atom. The van der Waals surface area contributed by atoms with Gasteiger partial charge in [-0.25, -0.2) is 0 Å². The van der Waals surface area contributed by atoms with E-state index in [4.69, 9.17) is 16.3 Å². The van der Waals surface area contributed by atoms with Crippen molar-refractivity contribution in [2.45, 2.75) is 45.6 Å². The fraction of sp³-hybridized carbons (Fsp3) is 0.381. The number of para-hydroxylation sites is 1. The van der Waals surface area contributed by atoms with Crippen LogP contribution in [0.5, 0.6) is 5.75 Å². The minimum Gasteiger partial charge on any atom is -0.481 e. The molecule has 0 aromatic heterocycles. The molecule has 1 N–H and O–H groups in total. The van der Waals surface area contributed by atoms with Crippen molar-refractivity contribution in [3.63, 3.8) is 0 Å². The number of carbonyl (C=O) groups is 1. The number of halogens is 1. The number of aryl methyl sites for hydroxylation is 1. The Hall–Kier alpha value is -2.00. The summed E-state index contributed by atoms with van der Waals surface area (Å²) >= 11 is 6.14. The van der Waals surface area contributed by atoms with E-state index >= 15 is 0 Å². The van der Waals surface area contributed by atoms with Crippen LogP contribution in [0.15, 0.2) is 48.5 Å². The molecule has 0 saturated heterocycles. The smallest absolute Gasteiger partial charge is 0.260 e. The lowest BCUT2D eigenvalue weighted by Crippen LogP contribution is -2.37. The molecule has 0 bridgehead atoms. The highest BCUT2D eigenvalue weighted by Gasteiger charge is 2.16. The van der Waals surface area contributed by atoms with Crippen LogP contribution >= 0.6 is 11.6 Å². The number of amides is 1. The summed E-state index contributed by atoms with van der Waals surface area (Å²) < 4.78 is 5.87. The van der Waals surface area contributed by atoms with E-state index in [1.807, 2.05) is 48.5 Å². The van der Waals surface area contributed by atoms with Crippen molar-refractivity contribution in [3.8, 4) is 5.75 Å². The van der Waals surface area contributed by atoms with Crippen molar-refractivity contribution in [3.05, 3.63) is 64.7 Å². The standard InChI is InChI=1S/C21H26ClNO2/c1-15(2)18-11-5-7-13-20(18)25-16(3)21(24)23-14-8-10-17-9-4-6-12-19(17)22/h4-7,9,11-13,15-16H,8,10,14H2,1-3H3,(H,23,24). The second kappa shape index (κ2) is 9.47. The molecule has 2 aromatic carbocycles. The predicted octanol–water partition coefficient (Wildman–Crippen LogP) is 4.98. The summed E-state index contributed by atoms with van der Waals surface area (Å²) in [6.07, 6.45) is 1.15. The summed E-state index contributed by atoms with van der Waals surface area (Å²) in [6, 6.07) is 15.7. The van der Waals surface area contributed by atoms with Gasteiger partial charge in [0, 0.05) is 11.6 Å². The number of ether oxygens (including phenoxy) is 1. The average molecular weight is 360 g/mol. The molecule has 0 saturated carbocycles. The molecule has 0 aliphatic carbocycles. The van der Waals surface area contributed by atoms with Crippen molar-refractivity contribution < 1.29 is 9.53 Å². The van der Waals surface area contributed by atoms with Crippen LogP contribution in [0.25, 0.3) is 0 Å². The van der Waals surface area contributed by atoms with Gasteiger partial charge in [0.05, 0.1) is 0 Å². The van der Waals surface area contributed by atoms with Gasteiger partial charge >= 0.3 is 0 Å². The third-order valence-electron chi connectivity index (χ3n) is 4.09. The topological polar surface area (TPSA) is 38.3 Å². The van der Waals surface area contributed by atoms with Crippen LogP contribution in [0.3, 0.4) is 0 Å². The Kier molecular flexibility index (Phi) is 7.32. The molecule has 4 heteroatoms. The second-order valence-corrected chi connectivity index (χ2v) is 6.85. The molecule has 0 radical (unpaired) electrons. The van der Waals surface area contributed by atoms with Gasteiger partial charge in [0.25, 0.3) is 5.91 Å². The Balaban J connectivity index is 1.80. The maximum absolute atomic E-state index is 12.2. The second-order valence-electron chi connectivity index (χ2n) is 6.44. The average Bonchev–Trinajstić information content (AvgIpc) is 2.60. The van der Waals surface area contributed by atoms with Crippen LogP contribution in [0.1, 0.15) is 44.2 Å². The quantitative estimate of drug-likeness (QED) is 0.675. The molecule has 1 amide bonds. The van der Waals surface area contributed by atoms with Crippen LogP contribution in [-0.2, 0) is 11.2 Å². The molecule has 0 aliphatic rings. The van der Waals surface area contributed by atoms with E-state index in [-0.39, 0.29) is 5.91 Å². The molecule has 25 heavy (non-hydrogen) atoms. The third kappa shape index (κ3) is 5.79. The molecule has 2 rings (SSSR count). The van der Waals surface area contributed by atoms with Gasteiger partial charge in [-0.1, -0.05) is 61.8 Å². The van der Waals surface area contributed by atoms with Crippen LogP contribution in [-0.4, -0.2) is 18.6 Å². The molecule has 2 aromatic rings. The highest BCUT2D eigenvalue weighted by Crippen LogP contribution is 2.26. The van der Waals surface area contributed by atoms with Gasteiger partial charge in [-0.3, -0.25) is 4.79 Å². The molecule has 0 spiro atoms. The molecular formula is C21H26ClNO2. The first-order valence-electron chi connectivity index (χ1n) is 8.75. The Labute approximate surface area is 155 Å². The Bertz CT molecular complexity index is 700. The number of hydrogen-bond acceptors (Lipinski definition) is 2. The van der Waals surface area contributed by atoms with Gasteiger partial charge in [0.1, 0.15) is 5.75 Å². The van der Waals surface area contributed by atoms with Crippen LogP contribution in [0.4, 0.5) is 0 Å². The third-order valence-corrected chi connectivity index (χ3v) is 4.46. The maximum atomic E-state index is 12.2. The monoisotopic (exact) mass is 359 g/mol. The van der Waals surface area contributed by atoms with Crippen LogP contribution in [0.2, 0.25) is 5.02 Å². The number of nitrogens with one attached hydrogen (secondary N) is 1. The first-order valence-corrected chi connectivity index (χ1v) is 9.13. The van der Waals surface area contributed by atoms with Crippen molar-refractivity contribution >= 4 is 17.5 Å². The van der Waals surface area contributed by atoms with Gasteiger partial charge in [-0.2, -0.15) is 0 Å². The zero-order valence-corrected chi connectivity index (χ0v) is 15.8. The molecular weight excluding hydrogens is 334 g/mol. The number of carbonyl (C=O) groups excluding carboxylic acids is 1. The fourth-order valence-corrected chi connectivity index (χ4v) is 2.87. The Morgan fingerprint density at radius 2 is 1.76 bits per heavy atom. The molecule has 0 aliphatic heterocycles. The minimum atomic E-state index is -0.528. The minimum absolute atomic E-state index is 0.0993. The van der Waals surface area contributed by atoms with E-state index in [0.29, 0.717) is 12.5 Å². The molecule has 0 heterocycles. The van der Waals surface area contributed by atoms with Gasteiger partial charge in [0.15, 0.2) is 6.10 Å². The normalized spacial score (nSPS) is 12.0. The fourth-order valence-electron chi connectivity index (χ4n) is 2.64. The van der Waals surface area contributed by atoms with E-state index in [0.717, 1.165) is 34.7 Å². The number of rotatable bonds is 8. The lowest BCUT2D eigenvalue weighted by molar-refractivity contribution is -0.127. The summed E-state index contributed by atoms with van der Waals surface area (Å²) in [7, 11) is 0. The van der Waals surface area contributed by atoms with Crippen molar-refractivity contribution in [1.82, 2.24) is 5.32 Å². The van der Waals surface area contributed by atoms with E-state index in [2.05, 4.69) is 19.2 Å². The first-order chi connectivity index (χ1) is 12.0. The zero-order chi connectivity index (χ0) is 18.2. The molecule has 3 nitrogen and oxygen atoms in total. The Morgan fingerprint density at radius 3 is 2.48 bits per heavy atom. The van der Waals surface area contributed by atoms with Crippen molar-refractivity contribution in [1.29, 1.82) is 0 Å². The van der Waals surface area contributed by atoms with Gasteiger partial charge in [0.2, 0.25) is 0 Å². The first kappa shape index (κ1) is 19.3. The van der Waals surface area contributed by atoms with Crippen molar-refractivity contribution in [2.75, 3.05) is 6.54 Å². The van der Waals surface area contributed by atoms with E-state index in [1.54, 1.807) is 6.92 Å².